The van der Waals surface area contributed by atoms with Gasteiger partial charge in [-0.2, -0.15) is 10.4 Å². The quantitative estimate of drug-likeness (QED) is 0.143. The molecule has 1 spiro atoms. The van der Waals surface area contributed by atoms with Crippen molar-refractivity contribution < 1.29 is 37.7 Å². The fourth-order valence-electron chi connectivity index (χ4n) is 9.30. The molecular weight excluding hydrogens is 877 g/mol. The highest BCUT2D eigenvalue weighted by atomic mass is 32.2. The van der Waals surface area contributed by atoms with Gasteiger partial charge in [0.1, 0.15) is 23.2 Å². The van der Waals surface area contributed by atoms with Crippen LogP contribution in [0.1, 0.15) is 63.5 Å². The molecule has 2 aromatic heterocycles. The summed E-state index contributed by atoms with van der Waals surface area (Å²) < 4.78 is 51.2. The lowest BCUT2D eigenvalue weighted by Gasteiger charge is -2.42. The normalized spacial score (nSPS) is 19.5. The van der Waals surface area contributed by atoms with E-state index in [0.717, 1.165) is 6.54 Å². The van der Waals surface area contributed by atoms with Crippen LogP contribution in [0.15, 0.2) is 53.6 Å². The third-order valence-corrected chi connectivity index (χ3v) is 14.2. The van der Waals surface area contributed by atoms with Crippen LogP contribution in [0.5, 0.6) is 11.5 Å². The Balaban J connectivity index is 0.806. The number of aryl methyl sites for hydroxylation is 1. The third kappa shape index (κ3) is 8.61. The van der Waals surface area contributed by atoms with Crippen LogP contribution in [0.2, 0.25) is 0 Å². The van der Waals surface area contributed by atoms with Gasteiger partial charge in [-0.25, -0.2) is 22.9 Å². The molecule has 18 nitrogen and oxygen atoms in total. The minimum atomic E-state index is -1.27. The maximum absolute atomic E-state index is 15.7. The maximum atomic E-state index is 15.7. The molecule has 3 aromatic carbocycles. The van der Waals surface area contributed by atoms with Gasteiger partial charge in [0.15, 0.2) is 17.4 Å². The zero-order chi connectivity index (χ0) is 46.5. The number of halogens is 2. The minimum absolute atomic E-state index is 0.0208. The number of imide groups is 1. The SMILES string of the molecule is CCN(C)SNc1ccc(F)c(Oc2ccc3ncn(C4COC5(CCN(C(=O)CC6(O)CCN(c7cc8c(cc7F)c(N7CCC(=O)NC7=O)nn8C)CC6)CC5)C4)c(=O)c3c2)c1C#N. The van der Waals surface area contributed by atoms with Crippen LogP contribution in [0.25, 0.3) is 21.8 Å². The minimum Gasteiger partial charge on any atom is -0.453 e. The Morgan fingerprint density at radius 3 is 2.56 bits per heavy atom. The van der Waals surface area contributed by atoms with Crippen LogP contribution in [0.3, 0.4) is 0 Å². The standard InChI is InChI=1S/C45H49F2N11O7S/c1-4-53(2)66-52-35-8-6-32(46)40(31(35)24-48)65-28-5-7-34-29(19-28)42(61)58(26-49-34)27-22-45(64-25-27)12-17-56(18-13-45)39(60)23-44(63)10-15-55(16-11-44)37-21-36-30(20-33(37)47)41(51-54(36)3)57-14-9-38(59)50-43(57)62/h5-8,19-21,26-27,52,63H,4,9-18,22-23,25H2,1-3H3,(H,50,59,62). The summed E-state index contributed by atoms with van der Waals surface area (Å²) >= 11 is 1.26. The second kappa shape index (κ2) is 17.8. The van der Waals surface area contributed by atoms with Crippen molar-refractivity contribution in [2.45, 2.75) is 69.1 Å². The Hall–Kier alpha value is -6.34. The van der Waals surface area contributed by atoms with Gasteiger partial charge in [0.05, 0.1) is 64.4 Å². The number of hydrogen-bond acceptors (Lipinski definition) is 14. The number of anilines is 3. The van der Waals surface area contributed by atoms with Crippen LogP contribution in [0.4, 0.5) is 30.8 Å². The molecule has 6 heterocycles. The number of fused-ring (bicyclic) bond motifs is 2. The van der Waals surface area contributed by atoms with E-state index in [1.807, 2.05) is 29.2 Å². The van der Waals surface area contributed by atoms with E-state index in [1.165, 1.54) is 47.6 Å². The molecule has 4 saturated heterocycles. The second-order valence-electron chi connectivity index (χ2n) is 17.4. The van der Waals surface area contributed by atoms with Gasteiger partial charge in [0, 0.05) is 70.3 Å². The monoisotopic (exact) mass is 925 g/mol. The summed E-state index contributed by atoms with van der Waals surface area (Å²) in [4.78, 5) is 61.3. The van der Waals surface area contributed by atoms with Crippen molar-refractivity contribution in [1.29, 1.82) is 5.26 Å². The first-order valence-electron chi connectivity index (χ1n) is 21.9. The Bertz CT molecular complexity index is 2850. The molecule has 21 heteroatoms. The number of nitrogens with zero attached hydrogens (tertiary/aromatic N) is 9. The van der Waals surface area contributed by atoms with E-state index in [1.54, 1.807) is 39.4 Å². The lowest BCUT2D eigenvalue weighted by atomic mass is 9.85. The number of nitriles is 1. The Morgan fingerprint density at radius 2 is 1.83 bits per heavy atom. The van der Waals surface area contributed by atoms with Crippen LogP contribution >= 0.6 is 12.1 Å². The highest BCUT2D eigenvalue weighted by Crippen LogP contribution is 2.42. The average Bonchev–Trinajstić information content (AvgIpc) is 3.85. The van der Waals surface area contributed by atoms with E-state index in [9.17, 15) is 29.5 Å². The van der Waals surface area contributed by atoms with E-state index < -0.39 is 28.9 Å². The number of carbonyl (C=O) groups excluding carboxylic acids is 3. The highest BCUT2D eigenvalue weighted by Gasteiger charge is 2.45. The van der Waals surface area contributed by atoms with E-state index in [4.69, 9.17) is 9.47 Å². The number of aliphatic hydroxyl groups is 1. The summed E-state index contributed by atoms with van der Waals surface area (Å²) in [5.41, 5.74) is -0.452. The van der Waals surface area contributed by atoms with Crippen molar-refractivity contribution in [2.75, 3.05) is 67.4 Å². The number of ether oxygens (including phenoxy) is 2. The van der Waals surface area contributed by atoms with Gasteiger partial charge in [0.25, 0.3) is 5.56 Å². The number of hydrogen-bond donors (Lipinski definition) is 3. The van der Waals surface area contributed by atoms with E-state index in [-0.39, 0.29) is 90.5 Å². The van der Waals surface area contributed by atoms with Crippen molar-refractivity contribution in [1.82, 2.24) is 33.9 Å². The first-order valence-corrected chi connectivity index (χ1v) is 22.7. The van der Waals surface area contributed by atoms with E-state index in [2.05, 4.69) is 20.1 Å². The fraction of sp³-hybridized carbons (Fsp3) is 0.444. The topological polar surface area (TPSA) is 203 Å². The first kappa shape index (κ1) is 44.8. The molecule has 1 unspecified atom stereocenters. The summed E-state index contributed by atoms with van der Waals surface area (Å²) in [5.74, 6) is -1.64. The molecule has 66 heavy (non-hydrogen) atoms. The van der Waals surface area contributed by atoms with Gasteiger partial charge in [-0.3, -0.25) is 33.8 Å². The molecule has 0 bridgehead atoms. The number of carbonyl (C=O) groups is 3. The Morgan fingerprint density at radius 1 is 1.06 bits per heavy atom. The third-order valence-electron chi connectivity index (χ3n) is 13.3. The zero-order valence-electron chi connectivity index (χ0n) is 36.7. The molecule has 4 aliphatic heterocycles. The van der Waals surface area contributed by atoms with Crippen molar-refractivity contribution in [3.05, 3.63) is 76.3 Å². The summed E-state index contributed by atoms with van der Waals surface area (Å²) in [5, 5.41) is 29.0. The predicted octanol–water partition coefficient (Wildman–Crippen LogP) is 5.34. The molecule has 1 atom stereocenters. The number of aromatic nitrogens is 4. The van der Waals surface area contributed by atoms with E-state index in [0.29, 0.717) is 73.2 Å². The first-order chi connectivity index (χ1) is 31.7. The van der Waals surface area contributed by atoms with E-state index >= 15 is 8.78 Å². The van der Waals surface area contributed by atoms with Gasteiger partial charge in [-0.15, -0.1) is 0 Å². The lowest BCUT2D eigenvalue weighted by molar-refractivity contribution is -0.142. The average molecular weight is 926 g/mol. The maximum Gasteiger partial charge on any atom is 0.329 e. The van der Waals surface area contributed by atoms with Crippen LogP contribution in [0, 0.1) is 23.0 Å². The largest absolute Gasteiger partial charge is 0.453 e. The van der Waals surface area contributed by atoms with Gasteiger partial charge in [-0.1, -0.05) is 6.92 Å². The van der Waals surface area contributed by atoms with Gasteiger partial charge in [-0.05, 0) is 81.6 Å². The molecule has 9 rings (SSSR count). The summed E-state index contributed by atoms with van der Waals surface area (Å²) in [6, 6.07) is 11.5. The molecule has 0 radical (unpaired) electrons. The second-order valence-corrected chi connectivity index (χ2v) is 18.4. The van der Waals surface area contributed by atoms with Gasteiger partial charge >= 0.3 is 6.03 Å². The molecule has 3 N–H and O–H groups in total. The molecule has 0 saturated carbocycles. The number of urea groups is 1. The fourth-order valence-corrected chi connectivity index (χ4v) is 9.85. The van der Waals surface area contributed by atoms with Gasteiger partial charge < -0.3 is 29.1 Å². The van der Waals surface area contributed by atoms with Crippen LogP contribution in [-0.2, 0) is 21.4 Å². The molecule has 346 valence electrons. The van der Waals surface area contributed by atoms with Crippen LogP contribution in [-0.4, -0.2) is 116 Å². The molecule has 4 aliphatic rings. The van der Waals surface area contributed by atoms with Crippen LogP contribution < -0.4 is 30.1 Å². The smallest absolute Gasteiger partial charge is 0.329 e. The molecule has 4 amide bonds. The summed E-state index contributed by atoms with van der Waals surface area (Å²) in [7, 11) is 3.57. The zero-order valence-corrected chi connectivity index (χ0v) is 37.5. The van der Waals surface area contributed by atoms with Crippen molar-refractivity contribution in [2.24, 2.45) is 7.05 Å². The molecular formula is C45H49F2N11O7S. The lowest BCUT2D eigenvalue weighted by Crippen LogP contribution is -2.51. The number of rotatable bonds is 11. The number of amides is 4. The van der Waals surface area contributed by atoms with Gasteiger partial charge in [0.2, 0.25) is 11.8 Å². The Kier molecular flexibility index (Phi) is 12.1. The van der Waals surface area contributed by atoms with Crippen molar-refractivity contribution in [3.63, 3.8) is 0 Å². The summed E-state index contributed by atoms with van der Waals surface area (Å²) in [6.07, 6.45) is 3.64. The highest BCUT2D eigenvalue weighted by molar-refractivity contribution is 7.98. The number of benzene rings is 3. The van der Waals surface area contributed by atoms with Crippen molar-refractivity contribution >= 4 is 69.0 Å². The predicted molar refractivity (Wildman–Crippen MR) is 242 cm³/mol. The number of piperidine rings is 2. The molecule has 0 aliphatic carbocycles. The number of likely N-dealkylation sites (tertiary alicyclic amines) is 1. The summed E-state index contributed by atoms with van der Waals surface area (Å²) in [6.45, 7) is 4.55. The number of nitrogens with one attached hydrogen (secondary N) is 2. The van der Waals surface area contributed by atoms with Crippen molar-refractivity contribution in [3.8, 4) is 17.6 Å². The molecule has 4 fully saturated rings. The Labute approximate surface area is 382 Å². The molecule has 5 aromatic rings.